The van der Waals surface area contributed by atoms with Gasteiger partial charge in [-0.1, -0.05) is 0 Å². The van der Waals surface area contributed by atoms with Gasteiger partial charge in [0.2, 0.25) is 0 Å². The molecular weight excluding hydrogens is 286 g/mol. The van der Waals surface area contributed by atoms with Crippen LogP contribution in [-0.4, -0.2) is 18.6 Å². The summed E-state index contributed by atoms with van der Waals surface area (Å²) in [6.07, 6.45) is 3.71. The van der Waals surface area contributed by atoms with Gasteiger partial charge in [0.15, 0.2) is 0 Å². The van der Waals surface area contributed by atoms with Gasteiger partial charge in [-0.05, 0) is 30.3 Å². The molecule has 0 amide bonds. The SMILES string of the molecule is COc1ccc(N2C=CNC(c3ccc([N+](=O)[O-])o3)C2)cc1. The molecule has 3 rings (SSSR count). The van der Waals surface area contributed by atoms with E-state index in [0.29, 0.717) is 12.3 Å². The van der Waals surface area contributed by atoms with Crippen LogP contribution in [-0.2, 0) is 0 Å². The van der Waals surface area contributed by atoms with Crippen molar-refractivity contribution in [2.24, 2.45) is 0 Å². The molecule has 0 spiro atoms. The zero-order valence-corrected chi connectivity index (χ0v) is 11.9. The number of hydrogen-bond acceptors (Lipinski definition) is 6. The number of nitrogens with zero attached hydrogens (tertiary/aromatic N) is 2. The summed E-state index contributed by atoms with van der Waals surface area (Å²) in [5.41, 5.74) is 1.00. The molecule has 1 unspecified atom stereocenters. The van der Waals surface area contributed by atoms with E-state index < -0.39 is 4.92 Å². The number of nitrogens with one attached hydrogen (secondary N) is 1. The molecule has 7 nitrogen and oxygen atoms in total. The lowest BCUT2D eigenvalue weighted by molar-refractivity contribution is -0.402. The molecule has 0 aliphatic carbocycles. The number of furan rings is 1. The maximum atomic E-state index is 10.7. The van der Waals surface area contributed by atoms with Crippen LogP contribution in [0.5, 0.6) is 5.75 Å². The quantitative estimate of drug-likeness (QED) is 0.691. The number of methoxy groups -OCH3 is 1. The third kappa shape index (κ3) is 2.73. The smallest absolute Gasteiger partial charge is 0.433 e. The molecule has 2 aromatic rings. The van der Waals surface area contributed by atoms with E-state index in [0.717, 1.165) is 11.4 Å². The monoisotopic (exact) mass is 301 g/mol. The van der Waals surface area contributed by atoms with Gasteiger partial charge in [-0.3, -0.25) is 10.1 Å². The summed E-state index contributed by atoms with van der Waals surface area (Å²) in [7, 11) is 1.62. The van der Waals surface area contributed by atoms with Crippen molar-refractivity contribution in [1.82, 2.24) is 5.32 Å². The Bertz CT molecular complexity index is 693. The lowest BCUT2D eigenvalue weighted by Gasteiger charge is -2.29. The Hall–Kier alpha value is -2.96. The molecule has 1 aromatic heterocycles. The van der Waals surface area contributed by atoms with Gasteiger partial charge in [0.25, 0.3) is 0 Å². The first kappa shape index (κ1) is 14.0. The fraction of sp³-hybridized carbons (Fsp3) is 0.200. The van der Waals surface area contributed by atoms with E-state index in [2.05, 4.69) is 5.32 Å². The van der Waals surface area contributed by atoms with Crippen LogP contribution in [0.4, 0.5) is 11.6 Å². The number of anilines is 1. The van der Waals surface area contributed by atoms with Gasteiger partial charge in [-0.15, -0.1) is 0 Å². The normalized spacial score (nSPS) is 17.1. The predicted octanol–water partition coefficient (Wildman–Crippen LogP) is 2.82. The summed E-state index contributed by atoms with van der Waals surface area (Å²) >= 11 is 0. The van der Waals surface area contributed by atoms with Crippen molar-refractivity contribution in [3.8, 4) is 5.75 Å². The van der Waals surface area contributed by atoms with E-state index >= 15 is 0 Å². The first-order chi connectivity index (χ1) is 10.7. The summed E-state index contributed by atoms with van der Waals surface area (Å²) in [5.74, 6) is 1.08. The van der Waals surface area contributed by atoms with Crippen molar-refractivity contribution >= 4 is 11.6 Å². The van der Waals surface area contributed by atoms with E-state index in [4.69, 9.17) is 9.15 Å². The van der Waals surface area contributed by atoms with Gasteiger partial charge in [-0.2, -0.15) is 0 Å². The summed E-state index contributed by atoms with van der Waals surface area (Å²) in [6, 6.07) is 10.5. The van der Waals surface area contributed by atoms with Gasteiger partial charge in [0.05, 0.1) is 19.7 Å². The van der Waals surface area contributed by atoms with Crippen LogP contribution in [0.15, 0.2) is 53.2 Å². The van der Waals surface area contributed by atoms with Crippen LogP contribution in [0.1, 0.15) is 11.8 Å². The summed E-state index contributed by atoms with van der Waals surface area (Å²) < 4.78 is 10.4. The molecule has 114 valence electrons. The molecule has 7 heteroatoms. The Kier molecular flexibility index (Phi) is 3.69. The Morgan fingerprint density at radius 2 is 2.09 bits per heavy atom. The third-order valence-electron chi connectivity index (χ3n) is 3.47. The fourth-order valence-corrected chi connectivity index (χ4v) is 2.32. The molecule has 1 N–H and O–H groups in total. The van der Waals surface area contributed by atoms with Crippen molar-refractivity contribution < 1.29 is 14.1 Å². The molecule has 0 radical (unpaired) electrons. The number of hydrogen-bond donors (Lipinski definition) is 1. The average molecular weight is 301 g/mol. The first-order valence-electron chi connectivity index (χ1n) is 6.75. The van der Waals surface area contributed by atoms with Gasteiger partial charge in [0, 0.05) is 18.1 Å². The summed E-state index contributed by atoms with van der Waals surface area (Å²) in [5, 5.41) is 13.8. The highest BCUT2D eigenvalue weighted by atomic mass is 16.6. The van der Waals surface area contributed by atoms with E-state index in [9.17, 15) is 10.1 Å². The molecule has 22 heavy (non-hydrogen) atoms. The van der Waals surface area contributed by atoms with E-state index in [-0.39, 0.29) is 11.9 Å². The molecule has 0 bridgehead atoms. The minimum absolute atomic E-state index is 0.152. The molecule has 0 fully saturated rings. The second-order valence-corrected chi connectivity index (χ2v) is 4.82. The lowest BCUT2D eigenvalue weighted by atomic mass is 10.1. The molecular formula is C15H15N3O4. The third-order valence-corrected chi connectivity index (χ3v) is 3.47. The number of benzene rings is 1. The van der Waals surface area contributed by atoms with E-state index in [1.165, 1.54) is 6.07 Å². The van der Waals surface area contributed by atoms with Crippen LogP contribution in [0.3, 0.4) is 0 Å². The summed E-state index contributed by atoms with van der Waals surface area (Å²) in [6.45, 7) is 0.605. The van der Waals surface area contributed by atoms with Gasteiger partial charge < -0.3 is 19.4 Å². The standard InChI is InChI=1S/C15H15N3O4/c1-21-12-4-2-11(3-5-12)17-9-8-16-13(10-17)14-6-7-15(22-14)18(19)20/h2-9,13,16H,10H2,1H3. The minimum atomic E-state index is -0.538. The van der Waals surface area contributed by atoms with E-state index in [1.54, 1.807) is 19.4 Å². The molecule has 1 aliphatic rings. The Morgan fingerprint density at radius 1 is 1.32 bits per heavy atom. The highest BCUT2D eigenvalue weighted by Crippen LogP contribution is 2.27. The Morgan fingerprint density at radius 3 is 2.73 bits per heavy atom. The molecule has 1 atom stereocenters. The Labute approximate surface area is 126 Å². The fourth-order valence-electron chi connectivity index (χ4n) is 2.32. The first-order valence-corrected chi connectivity index (χ1v) is 6.75. The molecule has 1 aromatic carbocycles. The Balaban J connectivity index is 1.76. The zero-order chi connectivity index (χ0) is 15.5. The maximum Gasteiger partial charge on any atom is 0.433 e. The predicted molar refractivity (Wildman–Crippen MR) is 80.7 cm³/mol. The highest BCUT2D eigenvalue weighted by molar-refractivity contribution is 5.52. The lowest BCUT2D eigenvalue weighted by Crippen LogP contribution is -2.34. The van der Waals surface area contributed by atoms with Gasteiger partial charge >= 0.3 is 5.88 Å². The molecule has 2 heterocycles. The second-order valence-electron chi connectivity index (χ2n) is 4.82. The van der Waals surface area contributed by atoms with Gasteiger partial charge in [0.1, 0.15) is 22.5 Å². The largest absolute Gasteiger partial charge is 0.497 e. The molecule has 0 saturated carbocycles. The van der Waals surface area contributed by atoms with Crippen LogP contribution in [0.2, 0.25) is 0 Å². The number of ether oxygens (including phenoxy) is 1. The van der Waals surface area contributed by atoms with Crippen LogP contribution >= 0.6 is 0 Å². The molecule has 0 saturated heterocycles. The van der Waals surface area contributed by atoms with Crippen molar-refractivity contribution in [3.05, 3.63) is 64.7 Å². The van der Waals surface area contributed by atoms with Crippen molar-refractivity contribution in [1.29, 1.82) is 0 Å². The van der Waals surface area contributed by atoms with E-state index in [1.807, 2.05) is 35.4 Å². The van der Waals surface area contributed by atoms with Crippen LogP contribution in [0.25, 0.3) is 0 Å². The summed E-state index contributed by atoms with van der Waals surface area (Å²) in [4.78, 5) is 12.2. The van der Waals surface area contributed by atoms with Crippen molar-refractivity contribution in [3.63, 3.8) is 0 Å². The van der Waals surface area contributed by atoms with Crippen molar-refractivity contribution in [2.75, 3.05) is 18.6 Å². The van der Waals surface area contributed by atoms with Crippen LogP contribution in [0, 0.1) is 10.1 Å². The van der Waals surface area contributed by atoms with Gasteiger partial charge in [-0.25, -0.2) is 0 Å². The average Bonchev–Trinajstić information content (AvgIpc) is 3.05. The topological polar surface area (TPSA) is 80.8 Å². The zero-order valence-electron chi connectivity index (χ0n) is 11.9. The maximum absolute atomic E-state index is 10.7. The highest BCUT2D eigenvalue weighted by Gasteiger charge is 2.23. The number of rotatable bonds is 4. The molecule has 1 aliphatic heterocycles. The number of nitro groups is 1. The minimum Gasteiger partial charge on any atom is -0.497 e. The van der Waals surface area contributed by atoms with Crippen molar-refractivity contribution in [2.45, 2.75) is 6.04 Å². The van der Waals surface area contributed by atoms with Crippen LogP contribution < -0.4 is 15.0 Å². The second kappa shape index (κ2) is 5.80.